The van der Waals surface area contributed by atoms with E-state index in [2.05, 4.69) is 15.1 Å². The van der Waals surface area contributed by atoms with Crippen molar-refractivity contribution >= 4 is 33.8 Å². The Balaban J connectivity index is 1.18. The van der Waals surface area contributed by atoms with E-state index in [4.69, 9.17) is 19.2 Å². The lowest BCUT2D eigenvalue weighted by atomic mass is 9.71. The Hall–Kier alpha value is -7.09. The van der Waals surface area contributed by atoms with Gasteiger partial charge in [0, 0.05) is 35.3 Å². The number of phenols is 2. The molecule has 2 aliphatic rings. The van der Waals surface area contributed by atoms with Crippen LogP contribution in [0, 0.1) is 13.8 Å². The van der Waals surface area contributed by atoms with Crippen molar-refractivity contribution < 1.29 is 29.2 Å². The molecule has 0 bridgehead atoms. The molecule has 0 saturated heterocycles. The molecule has 0 radical (unpaired) electrons. The number of rotatable bonds is 7. The van der Waals surface area contributed by atoms with Gasteiger partial charge < -0.3 is 29.4 Å². The van der Waals surface area contributed by atoms with E-state index in [0.29, 0.717) is 40.6 Å². The molecule has 9 rings (SSSR count). The van der Waals surface area contributed by atoms with Gasteiger partial charge >= 0.3 is 5.69 Å². The topological polar surface area (TPSA) is 187 Å². The number of allylic oxidation sites excluding steroid dienone is 1. The second-order valence-corrected chi connectivity index (χ2v) is 13.9. The lowest BCUT2D eigenvalue weighted by Crippen LogP contribution is -2.36. The molecule has 55 heavy (non-hydrogen) atoms. The fourth-order valence-electron chi connectivity index (χ4n) is 7.85. The summed E-state index contributed by atoms with van der Waals surface area (Å²) in [5.74, 6) is 0.633. The Labute approximate surface area is 311 Å². The lowest BCUT2D eigenvalue weighted by Gasteiger charge is -2.27. The molecule has 14 nitrogen and oxygen atoms in total. The van der Waals surface area contributed by atoms with Crippen molar-refractivity contribution in [3.63, 3.8) is 0 Å². The van der Waals surface area contributed by atoms with Gasteiger partial charge in [0.05, 0.1) is 59.1 Å². The van der Waals surface area contributed by atoms with Crippen LogP contribution in [0.1, 0.15) is 45.4 Å². The van der Waals surface area contributed by atoms with E-state index < -0.39 is 16.7 Å². The Morgan fingerprint density at radius 1 is 0.909 bits per heavy atom. The maximum absolute atomic E-state index is 14.7. The van der Waals surface area contributed by atoms with Crippen LogP contribution < -0.4 is 25.5 Å². The number of aromatic amines is 2. The number of carbonyl (C=O) groups is 1. The number of ether oxygens (including phenoxy) is 3. The van der Waals surface area contributed by atoms with Gasteiger partial charge in [0.15, 0.2) is 5.78 Å². The Morgan fingerprint density at radius 2 is 1.65 bits per heavy atom. The molecular formula is C41H34N6O8. The predicted octanol–water partition coefficient (Wildman–Crippen LogP) is 5.59. The monoisotopic (exact) mass is 738 g/mol. The molecule has 14 heteroatoms. The number of phenolic OH excluding ortho intramolecular Hbond substituents is 2. The van der Waals surface area contributed by atoms with Gasteiger partial charge in [-0.25, -0.2) is 14.5 Å². The van der Waals surface area contributed by atoms with Crippen molar-refractivity contribution in [1.29, 1.82) is 0 Å². The van der Waals surface area contributed by atoms with Crippen LogP contribution in [0.25, 0.3) is 45.0 Å². The molecular weight excluding hydrogens is 704 g/mol. The van der Waals surface area contributed by atoms with Crippen LogP contribution in [0.5, 0.6) is 28.7 Å². The molecule has 1 aliphatic heterocycles. The molecule has 276 valence electrons. The summed E-state index contributed by atoms with van der Waals surface area (Å²) in [6, 6.07) is 16.0. The third-order valence-corrected chi connectivity index (χ3v) is 10.9. The van der Waals surface area contributed by atoms with Crippen molar-refractivity contribution in [2.45, 2.75) is 39.2 Å². The van der Waals surface area contributed by atoms with E-state index in [1.807, 2.05) is 36.5 Å². The van der Waals surface area contributed by atoms with Gasteiger partial charge in [0.2, 0.25) is 0 Å². The van der Waals surface area contributed by atoms with Gasteiger partial charge in [-0.3, -0.25) is 19.1 Å². The zero-order chi connectivity index (χ0) is 38.5. The highest BCUT2D eigenvalue weighted by atomic mass is 16.5. The number of aromatic nitrogens is 6. The molecule has 1 atom stereocenters. The van der Waals surface area contributed by atoms with Crippen molar-refractivity contribution in [3.05, 3.63) is 121 Å². The molecule has 5 heterocycles. The van der Waals surface area contributed by atoms with Crippen LogP contribution in [0.3, 0.4) is 0 Å². The molecule has 0 spiro atoms. The first-order valence-corrected chi connectivity index (χ1v) is 17.5. The van der Waals surface area contributed by atoms with E-state index in [1.54, 1.807) is 51.0 Å². The largest absolute Gasteiger partial charge is 0.507 e. The van der Waals surface area contributed by atoms with E-state index in [-0.39, 0.29) is 68.8 Å². The first kappa shape index (κ1) is 33.7. The van der Waals surface area contributed by atoms with Gasteiger partial charge in [0.25, 0.3) is 5.56 Å². The maximum Gasteiger partial charge on any atom is 0.330 e. The SMILES string of the molecule is COc1ccc(-n2nc(C)c3c2C=C2Oc4c(-c5ccc6c(=O)[nH]c(=O)n(CCc7c[nH]c8ccc(OC)cc78)c6n5)c(O)c(C)c(O)c4C2(C)C3=O)cc1. The number of aromatic hydroxyl groups is 2. The number of nitrogens with zero attached hydrogens (tertiary/aromatic N) is 4. The number of carbonyl (C=O) groups excluding carboxylic acids is 1. The van der Waals surface area contributed by atoms with Crippen molar-refractivity contribution in [3.8, 4) is 45.7 Å². The molecule has 7 aromatic rings. The second-order valence-electron chi connectivity index (χ2n) is 13.9. The minimum atomic E-state index is -1.49. The summed E-state index contributed by atoms with van der Waals surface area (Å²) in [5.41, 5.74) is 1.72. The average Bonchev–Trinajstić information content (AvgIpc) is 3.84. The number of ketones is 1. The highest BCUT2D eigenvalue weighted by Crippen LogP contribution is 2.60. The summed E-state index contributed by atoms with van der Waals surface area (Å²) in [6.45, 7) is 5.11. The summed E-state index contributed by atoms with van der Waals surface area (Å²) in [7, 11) is 3.17. The third kappa shape index (κ3) is 4.77. The van der Waals surface area contributed by atoms with Crippen LogP contribution in [0.2, 0.25) is 0 Å². The molecule has 0 amide bonds. The van der Waals surface area contributed by atoms with Gasteiger partial charge in [0.1, 0.15) is 45.6 Å². The van der Waals surface area contributed by atoms with Gasteiger partial charge in [-0.15, -0.1) is 0 Å². The number of pyridine rings is 1. The number of benzene rings is 3. The summed E-state index contributed by atoms with van der Waals surface area (Å²) in [4.78, 5) is 51.5. The quantitative estimate of drug-likeness (QED) is 0.161. The number of aryl methyl sites for hydroxylation is 3. The lowest BCUT2D eigenvalue weighted by molar-refractivity contribution is 0.0905. The molecule has 3 aromatic carbocycles. The number of nitrogens with one attached hydrogen (secondary N) is 2. The van der Waals surface area contributed by atoms with Crippen LogP contribution in [-0.2, 0) is 18.4 Å². The molecule has 4 N–H and O–H groups in total. The summed E-state index contributed by atoms with van der Waals surface area (Å²) in [6.07, 6.45) is 4.00. The van der Waals surface area contributed by atoms with Crippen LogP contribution in [0.15, 0.2) is 76.1 Å². The van der Waals surface area contributed by atoms with Crippen molar-refractivity contribution in [2.24, 2.45) is 0 Å². The first-order chi connectivity index (χ1) is 26.4. The summed E-state index contributed by atoms with van der Waals surface area (Å²) < 4.78 is 20.2. The summed E-state index contributed by atoms with van der Waals surface area (Å²) in [5, 5.41) is 29.1. The van der Waals surface area contributed by atoms with Gasteiger partial charge in [-0.2, -0.15) is 5.10 Å². The number of fused-ring (bicyclic) bond motifs is 6. The number of methoxy groups -OCH3 is 2. The highest BCUT2D eigenvalue weighted by Gasteiger charge is 2.55. The zero-order valence-electron chi connectivity index (χ0n) is 30.4. The third-order valence-electron chi connectivity index (χ3n) is 10.9. The van der Waals surface area contributed by atoms with Gasteiger partial charge in [-0.05, 0) is 87.4 Å². The van der Waals surface area contributed by atoms with E-state index in [9.17, 15) is 24.6 Å². The van der Waals surface area contributed by atoms with Crippen LogP contribution in [0.4, 0.5) is 0 Å². The normalized spacial score (nSPS) is 15.8. The Morgan fingerprint density at radius 3 is 2.40 bits per heavy atom. The fraction of sp³-hybridized carbons (Fsp3) is 0.195. The molecule has 4 aromatic heterocycles. The fourth-order valence-corrected chi connectivity index (χ4v) is 7.85. The number of hydrogen-bond acceptors (Lipinski definition) is 10. The minimum Gasteiger partial charge on any atom is -0.507 e. The van der Waals surface area contributed by atoms with Crippen LogP contribution in [-0.4, -0.2) is 59.5 Å². The average molecular weight is 739 g/mol. The standard InChI is InChI=1S/C41H34N6O8/c1-19-34(48)32(28-13-11-25-38(43-28)46(40(52)44-39(25)51)15-14-21-18-42-27-12-10-24(54-5)16-26(21)27)36-33(35(19)49)41(3)30(55-36)17-29-31(37(41)50)20(2)45-47(29)22-6-8-23(53-4)9-7-22/h6-13,16-18,42,48-49H,14-15H2,1-5H3,(H,44,51,52). The second kappa shape index (κ2) is 12.0. The van der Waals surface area contributed by atoms with E-state index in [0.717, 1.165) is 16.5 Å². The first-order valence-electron chi connectivity index (χ1n) is 17.5. The highest BCUT2D eigenvalue weighted by molar-refractivity contribution is 6.14. The molecule has 1 aliphatic carbocycles. The predicted molar refractivity (Wildman–Crippen MR) is 204 cm³/mol. The van der Waals surface area contributed by atoms with E-state index in [1.165, 1.54) is 23.6 Å². The van der Waals surface area contributed by atoms with Gasteiger partial charge in [-0.1, -0.05) is 0 Å². The maximum atomic E-state index is 14.7. The van der Waals surface area contributed by atoms with Crippen molar-refractivity contribution in [1.82, 2.24) is 29.3 Å². The molecule has 0 saturated carbocycles. The van der Waals surface area contributed by atoms with Crippen LogP contribution >= 0.6 is 0 Å². The Kier molecular flexibility index (Phi) is 7.34. The minimum absolute atomic E-state index is 0.0350. The van der Waals surface area contributed by atoms with Crippen molar-refractivity contribution in [2.75, 3.05) is 14.2 Å². The summed E-state index contributed by atoms with van der Waals surface area (Å²) >= 11 is 0. The number of Topliss-reactive ketones (excluding diaryl/α,β-unsaturated/α-hetero) is 1. The van der Waals surface area contributed by atoms with E-state index >= 15 is 0 Å². The smallest absolute Gasteiger partial charge is 0.330 e. The molecule has 0 fully saturated rings. The number of H-pyrrole nitrogens is 2. The Bertz CT molecular complexity index is 2950. The number of hydrogen-bond donors (Lipinski definition) is 4. The zero-order valence-corrected chi connectivity index (χ0v) is 30.4. The molecule has 1 unspecified atom stereocenters.